The number of fused-ring (bicyclic) bond motifs is 3. The molecule has 1 aromatic heterocycles. The number of aryl methyl sites for hydroxylation is 1. The molecule has 0 radical (unpaired) electrons. The summed E-state index contributed by atoms with van der Waals surface area (Å²) in [5.41, 5.74) is 3.24. The van der Waals surface area contributed by atoms with Crippen molar-refractivity contribution in [3.8, 4) is 0 Å². The number of allylic oxidation sites excluding steroid dienone is 1. The standard InChI is InChI=1S/C21H23NO/c1-5-22-19-9-7-6-8-17(19)18-14-16(10-11-20(18)22)12-13-21(3,4)15(2)23/h6-14H,5H2,1-4H3/b13-12+. The van der Waals surface area contributed by atoms with Crippen LogP contribution in [-0.2, 0) is 11.3 Å². The van der Waals surface area contributed by atoms with Gasteiger partial charge in [0.15, 0.2) is 0 Å². The quantitative estimate of drug-likeness (QED) is 0.629. The van der Waals surface area contributed by atoms with Gasteiger partial charge < -0.3 is 4.57 Å². The van der Waals surface area contributed by atoms with Gasteiger partial charge in [-0.25, -0.2) is 0 Å². The molecule has 3 aromatic rings. The maximum atomic E-state index is 11.7. The van der Waals surface area contributed by atoms with E-state index in [1.807, 2.05) is 19.9 Å². The van der Waals surface area contributed by atoms with E-state index in [0.717, 1.165) is 12.1 Å². The number of carbonyl (C=O) groups excluding carboxylic acids is 1. The van der Waals surface area contributed by atoms with Crippen LogP contribution >= 0.6 is 0 Å². The number of benzene rings is 2. The number of Topliss-reactive ketones (excluding diaryl/α,β-unsaturated/α-hetero) is 1. The number of hydrogen-bond acceptors (Lipinski definition) is 1. The smallest absolute Gasteiger partial charge is 0.139 e. The van der Waals surface area contributed by atoms with Crippen molar-refractivity contribution in [3.05, 3.63) is 54.1 Å². The molecule has 3 rings (SSSR count). The molecule has 2 heteroatoms. The molecule has 0 fully saturated rings. The fourth-order valence-corrected chi connectivity index (χ4v) is 2.94. The Hall–Kier alpha value is -2.35. The van der Waals surface area contributed by atoms with E-state index in [2.05, 4.69) is 60.0 Å². The van der Waals surface area contributed by atoms with Crippen LogP contribution in [0.5, 0.6) is 0 Å². The molecule has 0 unspecified atom stereocenters. The van der Waals surface area contributed by atoms with Crippen molar-refractivity contribution >= 4 is 33.7 Å². The Morgan fingerprint density at radius 3 is 2.48 bits per heavy atom. The maximum Gasteiger partial charge on any atom is 0.139 e. The highest BCUT2D eigenvalue weighted by Crippen LogP contribution is 2.30. The van der Waals surface area contributed by atoms with E-state index in [1.165, 1.54) is 21.8 Å². The van der Waals surface area contributed by atoms with Crippen molar-refractivity contribution in [2.24, 2.45) is 5.41 Å². The molecule has 0 atom stereocenters. The Morgan fingerprint density at radius 1 is 1.09 bits per heavy atom. The zero-order chi connectivity index (χ0) is 16.6. The second-order valence-electron chi connectivity index (χ2n) is 6.65. The fraction of sp³-hybridized carbons (Fsp3) is 0.286. The molecule has 0 amide bonds. The first-order valence-corrected chi connectivity index (χ1v) is 8.15. The highest BCUT2D eigenvalue weighted by Gasteiger charge is 2.19. The van der Waals surface area contributed by atoms with Gasteiger partial charge in [-0.1, -0.05) is 36.4 Å². The third-order valence-electron chi connectivity index (χ3n) is 4.71. The molecule has 0 aliphatic heterocycles. The molecule has 0 saturated heterocycles. The lowest BCUT2D eigenvalue weighted by Gasteiger charge is -2.15. The van der Waals surface area contributed by atoms with Gasteiger partial charge in [-0.2, -0.15) is 0 Å². The second-order valence-corrected chi connectivity index (χ2v) is 6.65. The number of ketones is 1. The highest BCUT2D eigenvalue weighted by molar-refractivity contribution is 6.08. The highest BCUT2D eigenvalue weighted by atomic mass is 16.1. The average Bonchev–Trinajstić information content (AvgIpc) is 2.86. The van der Waals surface area contributed by atoms with E-state index < -0.39 is 5.41 Å². The minimum absolute atomic E-state index is 0.178. The molecule has 0 bridgehead atoms. The summed E-state index contributed by atoms with van der Waals surface area (Å²) in [6.07, 6.45) is 4.05. The zero-order valence-electron chi connectivity index (χ0n) is 14.3. The number of para-hydroxylation sites is 1. The third-order valence-corrected chi connectivity index (χ3v) is 4.71. The van der Waals surface area contributed by atoms with Gasteiger partial charge in [0.25, 0.3) is 0 Å². The minimum atomic E-state index is -0.424. The number of hydrogen-bond donors (Lipinski definition) is 0. The molecule has 0 aliphatic rings. The Morgan fingerprint density at radius 2 is 1.78 bits per heavy atom. The van der Waals surface area contributed by atoms with E-state index in [4.69, 9.17) is 0 Å². The molecule has 118 valence electrons. The molecule has 0 N–H and O–H groups in total. The van der Waals surface area contributed by atoms with Gasteiger partial charge in [-0.05, 0) is 51.5 Å². The largest absolute Gasteiger partial charge is 0.341 e. The van der Waals surface area contributed by atoms with Gasteiger partial charge in [0.2, 0.25) is 0 Å². The van der Waals surface area contributed by atoms with Crippen LogP contribution in [0.25, 0.3) is 27.9 Å². The van der Waals surface area contributed by atoms with Crippen molar-refractivity contribution < 1.29 is 4.79 Å². The molecule has 2 nitrogen and oxygen atoms in total. The van der Waals surface area contributed by atoms with Crippen LogP contribution in [-0.4, -0.2) is 10.4 Å². The van der Waals surface area contributed by atoms with E-state index in [1.54, 1.807) is 6.92 Å². The van der Waals surface area contributed by atoms with E-state index in [0.29, 0.717) is 0 Å². The van der Waals surface area contributed by atoms with Gasteiger partial charge in [0.05, 0.1) is 0 Å². The monoisotopic (exact) mass is 305 g/mol. The van der Waals surface area contributed by atoms with Crippen LogP contribution in [0.15, 0.2) is 48.5 Å². The van der Waals surface area contributed by atoms with E-state index >= 15 is 0 Å². The maximum absolute atomic E-state index is 11.7. The first-order chi connectivity index (χ1) is 10.9. The molecule has 0 spiro atoms. The molecule has 2 aromatic carbocycles. The summed E-state index contributed by atoms with van der Waals surface area (Å²) in [6, 6.07) is 15.0. The average molecular weight is 305 g/mol. The van der Waals surface area contributed by atoms with Crippen molar-refractivity contribution in [1.29, 1.82) is 0 Å². The van der Waals surface area contributed by atoms with Gasteiger partial charge in [-0.15, -0.1) is 0 Å². The van der Waals surface area contributed by atoms with Crippen molar-refractivity contribution in [2.45, 2.75) is 34.2 Å². The first kappa shape index (κ1) is 15.5. The van der Waals surface area contributed by atoms with Gasteiger partial charge in [-0.3, -0.25) is 4.79 Å². The molecular weight excluding hydrogens is 282 g/mol. The van der Waals surface area contributed by atoms with Crippen LogP contribution in [0.2, 0.25) is 0 Å². The van der Waals surface area contributed by atoms with Crippen LogP contribution in [0.1, 0.15) is 33.3 Å². The number of nitrogens with zero attached hydrogens (tertiary/aromatic N) is 1. The molecule has 23 heavy (non-hydrogen) atoms. The van der Waals surface area contributed by atoms with E-state index in [-0.39, 0.29) is 5.78 Å². The summed E-state index contributed by atoms with van der Waals surface area (Å²) in [5, 5.41) is 2.55. The normalized spacial score (nSPS) is 12.5. The third kappa shape index (κ3) is 2.70. The molecule has 1 heterocycles. The van der Waals surface area contributed by atoms with Crippen molar-refractivity contribution in [1.82, 2.24) is 4.57 Å². The number of carbonyl (C=O) groups is 1. The Balaban J connectivity index is 2.14. The van der Waals surface area contributed by atoms with Crippen molar-refractivity contribution in [3.63, 3.8) is 0 Å². The SMILES string of the molecule is CCn1c2ccccc2c2cc(/C=C/C(C)(C)C(C)=O)ccc21. The van der Waals surface area contributed by atoms with Gasteiger partial charge in [0, 0.05) is 33.8 Å². The fourth-order valence-electron chi connectivity index (χ4n) is 2.94. The van der Waals surface area contributed by atoms with Crippen molar-refractivity contribution in [2.75, 3.05) is 0 Å². The predicted octanol–water partition coefficient (Wildman–Crippen LogP) is 5.44. The Kier molecular flexibility index (Phi) is 3.85. The van der Waals surface area contributed by atoms with Gasteiger partial charge in [0.1, 0.15) is 5.78 Å². The molecular formula is C21H23NO. The second kappa shape index (κ2) is 5.69. The van der Waals surface area contributed by atoms with E-state index in [9.17, 15) is 4.79 Å². The zero-order valence-corrected chi connectivity index (χ0v) is 14.3. The minimum Gasteiger partial charge on any atom is -0.341 e. The molecule has 0 aliphatic carbocycles. The summed E-state index contributed by atoms with van der Waals surface area (Å²) in [7, 11) is 0. The van der Waals surface area contributed by atoms with Crippen LogP contribution in [0, 0.1) is 5.41 Å². The topological polar surface area (TPSA) is 22.0 Å². The summed E-state index contributed by atoms with van der Waals surface area (Å²) >= 11 is 0. The molecule has 0 saturated carbocycles. The summed E-state index contributed by atoms with van der Waals surface area (Å²) in [6.45, 7) is 8.68. The van der Waals surface area contributed by atoms with Crippen LogP contribution < -0.4 is 0 Å². The lowest BCUT2D eigenvalue weighted by molar-refractivity contribution is -0.122. The van der Waals surface area contributed by atoms with Crippen LogP contribution in [0.4, 0.5) is 0 Å². The van der Waals surface area contributed by atoms with Gasteiger partial charge >= 0.3 is 0 Å². The lowest BCUT2D eigenvalue weighted by atomic mass is 9.88. The summed E-state index contributed by atoms with van der Waals surface area (Å²) in [5.74, 6) is 0.178. The Bertz CT molecular complexity index is 912. The first-order valence-electron chi connectivity index (χ1n) is 8.15. The summed E-state index contributed by atoms with van der Waals surface area (Å²) < 4.78 is 2.34. The number of aromatic nitrogens is 1. The Labute approximate surface area is 137 Å². The van der Waals surface area contributed by atoms with Crippen LogP contribution in [0.3, 0.4) is 0 Å². The lowest BCUT2D eigenvalue weighted by Crippen LogP contribution is -2.17. The summed E-state index contributed by atoms with van der Waals surface area (Å²) in [4.78, 5) is 11.7. The number of rotatable bonds is 4. The predicted molar refractivity (Wildman–Crippen MR) is 98.6 cm³/mol.